The highest BCUT2D eigenvalue weighted by molar-refractivity contribution is 6.35. The van der Waals surface area contributed by atoms with E-state index in [4.69, 9.17) is 5.11 Å². The van der Waals surface area contributed by atoms with Crippen LogP contribution in [0.15, 0.2) is 23.9 Å². The van der Waals surface area contributed by atoms with E-state index in [1.807, 2.05) is 32.0 Å². The lowest BCUT2D eigenvalue weighted by Gasteiger charge is -2.19. The van der Waals surface area contributed by atoms with Gasteiger partial charge in [-0.2, -0.15) is 0 Å². The molecule has 1 aromatic rings. The number of imide groups is 1. The molecule has 0 aromatic heterocycles. The Balaban J connectivity index is 2.63. The van der Waals surface area contributed by atoms with Gasteiger partial charge in [-0.25, -0.2) is 0 Å². The second-order valence-corrected chi connectivity index (χ2v) is 5.36. The van der Waals surface area contributed by atoms with E-state index in [-0.39, 0.29) is 18.4 Å². The van der Waals surface area contributed by atoms with Gasteiger partial charge in [-0.15, -0.1) is 0 Å². The highest BCUT2D eigenvalue weighted by Crippen LogP contribution is 2.32. The monoisotopic (exact) mass is 288 g/mol. The first-order valence-electron chi connectivity index (χ1n) is 6.84. The standard InChI is InChI=1S/C16H20N2O3/c1-10-5-6-12(11(2)9-10)13-14(17(3)7-8-19)16(21)18(4)15(13)20/h5-6,9,19H,7-8H2,1-4H3. The number of likely N-dealkylation sites (N-methyl/N-ethyl adjacent to an activating group) is 2. The molecule has 0 fully saturated rings. The summed E-state index contributed by atoms with van der Waals surface area (Å²) in [6.45, 7) is 4.13. The van der Waals surface area contributed by atoms with Crippen molar-refractivity contribution in [2.75, 3.05) is 27.2 Å². The van der Waals surface area contributed by atoms with Crippen molar-refractivity contribution in [3.8, 4) is 0 Å². The van der Waals surface area contributed by atoms with Crippen LogP contribution in [0.4, 0.5) is 0 Å². The molecule has 1 heterocycles. The van der Waals surface area contributed by atoms with E-state index in [0.29, 0.717) is 17.8 Å². The van der Waals surface area contributed by atoms with Gasteiger partial charge in [0.15, 0.2) is 0 Å². The van der Waals surface area contributed by atoms with Crippen molar-refractivity contribution in [2.24, 2.45) is 0 Å². The lowest BCUT2D eigenvalue weighted by atomic mass is 9.97. The normalized spacial score (nSPS) is 15.2. The Bertz CT molecular complexity index is 634. The maximum absolute atomic E-state index is 12.4. The van der Waals surface area contributed by atoms with E-state index in [1.165, 1.54) is 7.05 Å². The molecule has 1 N–H and O–H groups in total. The number of hydrogen-bond donors (Lipinski definition) is 1. The first-order valence-corrected chi connectivity index (χ1v) is 6.84. The van der Waals surface area contributed by atoms with Crippen molar-refractivity contribution in [2.45, 2.75) is 13.8 Å². The number of aryl methyl sites for hydroxylation is 2. The molecule has 2 amide bonds. The van der Waals surface area contributed by atoms with Gasteiger partial charge in [0, 0.05) is 20.6 Å². The molecule has 5 heteroatoms. The summed E-state index contributed by atoms with van der Waals surface area (Å²) in [6.07, 6.45) is 0. The number of aliphatic hydroxyl groups is 1. The molecule has 0 aliphatic carbocycles. The van der Waals surface area contributed by atoms with Crippen LogP contribution in [-0.2, 0) is 9.59 Å². The third-order valence-electron chi connectivity index (χ3n) is 3.73. The molecule has 0 radical (unpaired) electrons. The molecule has 21 heavy (non-hydrogen) atoms. The summed E-state index contributed by atoms with van der Waals surface area (Å²) in [6, 6.07) is 5.79. The van der Waals surface area contributed by atoms with E-state index < -0.39 is 0 Å². The van der Waals surface area contributed by atoms with Crippen molar-refractivity contribution in [1.29, 1.82) is 0 Å². The van der Waals surface area contributed by atoms with E-state index in [1.54, 1.807) is 11.9 Å². The van der Waals surface area contributed by atoms with Crippen molar-refractivity contribution in [3.05, 3.63) is 40.6 Å². The lowest BCUT2D eigenvalue weighted by Crippen LogP contribution is -2.31. The first kappa shape index (κ1) is 15.3. The number of rotatable bonds is 4. The highest BCUT2D eigenvalue weighted by atomic mass is 16.3. The fourth-order valence-electron chi connectivity index (χ4n) is 2.58. The maximum atomic E-state index is 12.4. The van der Waals surface area contributed by atoms with Gasteiger partial charge in [0.25, 0.3) is 11.8 Å². The van der Waals surface area contributed by atoms with E-state index in [0.717, 1.165) is 21.6 Å². The number of benzene rings is 1. The number of nitrogens with zero attached hydrogens (tertiary/aromatic N) is 2. The summed E-state index contributed by atoms with van der Waals surface area (Å²) < 4.78 is 0. The molecule has 0 saturated carbocycles. The van der Waals surface area contributed by atoms with E-state index in [9.17, 15) is 9.59 Å². The number of hydrogen-bond acceptors (Lipinski definition) is 4. The number of aliphatic hydroxyl groups excluding tert-OH is 1. The van der Waals surface area contributed by atoms with Crippen molar-refractivity contribution in [3.63, 3.8) is 0 Å². The van der Waals surface area contributed by atoms with Crippen LogP contribution in [0.3, 0.4) is 0 Å². The van der Waals surface area contributed by atoms with Gasteiger partial charge in [-0.05, 0) is 25.0 Å². The zero-order chi connectivity index (χ0) is 15.7. The van der Waals surface area contributed by atoms with Crippen LogP contribution < -0.4 is 0 Å². The molecule has 0 spiro atoms. The van der Waals surface area contributed by atoms with Gasteiger partial charge in [0.05, 0.1) is 12.2 Å². The summed E-state index contributed by atoms with van der Waals surface area (Å²) in [5.41, 5.74) is 3.59. The molecule has 0 atom stereocenters. The van der Waals surface area contributed by atoms with Crippen molar-refractivity contribution < 1.29 is 14.7 Å². The minimum absolute atomic E-state index is 0.0780. The van der Waals surface area contributed by atoms with Gasteiger partial charge in [0.2, 0.25) is 0 Å². The fourth-order valence-corrected chi connectivity index (χ4v) is 2.58. The highest BCUT2D eigenvalue weighted by Gasteiger charge is 2.38. The molecule has 1 aliphatic heterocycles. The Morgan fingerprint density at radius 3 is 2.43 bits per heavy atom. The Kier molecular flexibility index (Phi) is 4.14. The molecule has 2 rings (SSSR count). The number of carbonyl (C=O) groups is 2. The van der Waals surface area contributed by atoms with Crippen molar-refractivity contribution >= 4 is 17.4 Å². The van der Waals surface area contributed by atoms with Crippen LogP contribution in [-0.4, -0.2) is 54.0 Å². The van der Waals surface area contributed by atoms with Crippen LogP contribution in [0.5, 0.6) is 0 Å². The van der Waals surface area contributed by atoms with E-state index in [2.05, 4.69) is 0 Å². The molecule has 0 bridgehead atoms. The quantitative estimate of drug-likeness (QED) is 0.838. The molecule has 1 aromatic carbocycles. The number of amides is 2. The summed E-state index contributed by atoms with van der Waals surface area (Å²) in [5.74, 6) is -0.627. The molecule has 112 valence electrons. The SMILES string of the molecule is Cc1ccc(C2=C(N(C)CCO)C(=O)N(C)C2=O)c(C)c1. The van der Waals surface area contributed by atoms with Crippen LogP contribution >= 0.6 is 0 Å². The van der Waals surface area contributed by atoms with Crippen LogP contribution in [0.2, 0.25) is 0 Å². The Hall–Kier alpha value is -2.14. The smallest absolute Gasteiger partial charge is 0.277 e. The average molecular weight is 288 g/mol. The maximum Gasteiger partial charge on any atom is 0.277 e. The summed E-state index contributed by atoms with van der Waals surface area (Å²) in [5, 5.41) is 9.09. The summed E-state index contributed by atoms with van der Waals surface area (Å²) in [7, 11) is 3.19. The number of carbonyl (C=O) groups excluding carboxylic acids is 2. The fraction of sp³-hybridized carbons (Fsp3) is 0.375. The Morgan fingerprint density at radius 1 is 1.19 bits per heavy atom. The van der Waals surface area contributed by atoms with Crippen LogP contribution in [0.1, 0.15) is 16.7 Å². The molecule has 0 saturated heterocycles. The molecular formula is C16H20N2O3. The minimum atomic E-state index is -0.328. The predicted octanol–water partition coefficient (Wildman–Crippen LogP) is 0.937. The Labute approximate surface area is 124 Å². The molecule has 0 unspecified atom stereocenters. The summed E-state index contributed by atoms with van der Waals surface area (Å²) in [4.78, 5) is 27.5. The zero-order valence-electron chi connectivity index (χ0n) is 12.8. The topological polar surface area (TPSA) is 60.9 Å². The molecule has 1 aliphatic rings. The van der Waals surface area contributed by atoms with Crippen LogP contribution in [0.25, 0.3) is 5.57 Å². The Morgan fingerprint density at radius 2 is 1.86 bits per heavy atom. The van der Waals surface area contributed by atoms with Gasteiger partial charge in [-0.3, -0.25) is 14.5 Å². The zero-order valence-corrected chi connectivity index (χ0v) is 12.8. The largest absolute Gasteiger partial charge is 0.395 e. The van der Waals surface area contributed by atoms with Gasteiger partial charge in [0.1, 0.15) is 5.70 Å². The van der Waals surface area contributed by atoms with Crippen molar-refractivity contribution in [1.82, 2.24) is 9.80 Å². The van der Waals surface area contributed by atoms with E-state index >= 15 is 0 Å². The predicted molar refractivity (Wildman–Crippen MR) is 80.3 cm³/mol. The molecular weight excluding hydrogens is 268 g/mol. The van der Waals surface area contributed by atoms with Gasteiger partial charge < -0.3 is 10.0 Å². The van der Waals surface area contributed by atoms with Gasteiger partial charge >= 0.3 is 0 Å². The van der Waals surface area contributed by atoms with Gasteiger partial charge in [-0.1, -0.05) is 23.8 Å². The third kappa shape index (κ3) is 2.56. The minimum Gasteiger partial charge on any atom is -0.395 e. The second-order valence-electron chi connectivity index (χ2n) is 5.36. The third-order valence-corrected chi connectivity index (χ3v) is 3.73. The summed E-state index contributed by atoms with van der Waals surface area (Å²) >= 11 is 0. The average Bonchev–Trinajstić information content (AvgIpc) is 2.64. The first-order chi connectivity index (χ1) is 9.88. The second kappa shape index (κ2) is 5.69. The lowest BCUT2D eigenvalue weighted by molar-refractivity contribution is -0.135. The molecule has 5 nitrogen and oxygen atoms in total. The van der Waals surface area contributed by atoms with Crippen LogP contribution in [0, 0.1) is 13.8 Å².